The van der Waals surface area contributed by atoms with E-state index in [2.05, 4.69) is 5.32 Å². The molecule has 2 fully saturated rings. The van der Waals surface area contributed by atoms with Gasteiger partial charge < -0.3 is 10.1 Å². The molecule has 2 atom stereocenters. The van der Waals surface area contributed by atoms with Crippen molar-refractivity contribution in [3.05, 3.63) is 0 Å². The molecule has 0 radical (unpaired) electrons. The molecule has 2 heteroatoms. The van der Waals surface area contributed by atoms with Gasteiger partial charge in [-0.05, 0) is 38.6 Å². The lowest BCUT2D eigenvalue weighted by Gasteiger charge is -2.27. The summed E-state index contributed by atoms with van der Waals surface area (Å²) in [5.74, 6) is 0.880. The third-order valence-corrected chi connectivity index (χ3v) is 3.75. The molecule has 1 N–H and O–H groups in total. The summed E-state index contributed by atoms with van der Waals surface area (Å²) in [6.45, 7) is 1.03. The molecule has 0 aromatic heterocycles. The van der Waals surface area contributed by atoms with Crippen LogP contribution in [0.1, 0.15) is 44.9 Å². The highest BCUT2D eigenvalue weighted by atomic mass is 16.5. The molecule has 0 spiro atoms. The van der Waals surface area contributed by atoms with Crippen LogP contribution in [0.3, 0.4) is 0 Å². The Kier molecular flexibility index (Phi) is 3.82. The fraction of sp³-hybridized carbons (Fsp3) is 1.00. The second kappa shape index (κ2) is 5.13. The number of ether oxygens (including phenoxy) is 1. The standard InChI is InChI=1S/C12H23NO/c1-13-9-11-7-8-12(14-11)10-5-3-2-4-6-10/h10-13H,2-9H2,1H3. The van der Waals surface area contributed by atoms with Gasteiger partial charge >= 0.3 is 0 Å². The fourth-order valence-electron chi connectivity index (χ4n) is 2.96. The predicted octanol–water partition coefficient (Wildman–Crippen LogP) is 2.33. The third-order valence-electron chi connectivity index (χ3n) is 3.75. The van der Waals surface area contributed by atoms with Crippen LogP contribution in [0.4, 0.5) is 0 Å². The summed E-state index contributed by atoms with van der Waals surface area (Å²) in [7, 11) is 2.01. The maximum atomic E-state index is 6.08. The highest BCUT2D eigenvalue weighted by Crippen LogP contribution is 2.34. The zero-order chi connectivity index (χ0) is 9.80. The first-order chi connectivity index (χ1) is 6.90. The van der Waals surface area contributed by atoms with E-state index in [0.29, 0.717) is 12.2 Å². The second-order valence-corrected chi connectivity index (χ2v) is 4.83. The van der Waals surface area contributed by atoms with Gasteiger partial charge in [0, 0.05) is 6.54 Å². The topological polar surface area (TPSA) is 21.3 Å². The average molecular weight is 197 g/mol. The molecule has 0 bridgehead atoms. The van der Waals surface area contributed by atoms with E-state index in [0.717, 1.165) is 12.5 Å². The van der Waals surface area contributed by atoms with Crippen LogP contribution in [0.5, 0.6) is 0 Å². The molecule has 0 aromatic rings. The monoisotopic (exact) mass is 197 g/mol. The molecule has 1 aliphatic carbocycles. The van der Waals surface area contributed by atoms with Crippen molar-refractivity contribution < 1.29 is 4.74 Å². The van der Waals surface area contributed by atoms with Crippen molar-refractivity contribution in [2.45, 2.75) is 57.2 Å². The largest absolute Gasteiger partial charge is 0.373 e. The van der Waals surface area contributed by atoms with E-state index in [-0.39, 0.29) is 0 Å². The zero-order valence-corrected chi connectivity index (χ0v) is 9.30. The molecule has 1 aliphatic heterocycles. The van der Waals surface area contributed by atoms with Crippen molar-refractivity contribution in [2.75, 3.05) is 13.6 Å². The lowest BCUT2D eigenvalue weighted by atomic mass is 9.84. The van der Waals surface area contributed by atoms with Crippen LogP contribution < -0.4 is 5.32 Å². The highest BCUT2D eigenvalue weighted by Gasteiger charge is 2.31. The van der Waals surface area contributed by atoms with Crippen molar-refractivity contribution in [1.29, 1.82) is 0 Å². The Bertz CT molecular complexity index is 166. The van der Waals surface area contributed by atoms with Gasteiger partial charge in [0.05, 0.1) is 12.2 Å². The number of likely N-dealkylation sites (N-methyl/N-ethyl adjacent to an activating group) is 1. The summed E-state index contributed by atoms with van der Waals surface area (Å²) in [5.41, 5.74) is 0. The fourth-order valence-corrected chi connectivity index (χ4v) is 2.96. The first kappa shape index (κ1) is 10.4. The number of rotatable bonds is 3. The SMILES string of the molecule is CNCC1CCC(C2CCCCC2)O1. The maximum absolute atomic E-state index is 6.08. The van der Waals surface area contributed by atoms with Crippen molar-refractivity contribution in [1.82, 2.24) is 5.32 Å². The summed E-state index contributed by atoms with van der Waals surface area (Å²) in [5, 5.41) is 3.21. The van der Waals surface area contributed by atoms with Crippen molar-refractivity contribution >= 4 is 0 Å². The van der Waals surface area contributed by atoms with E-state index < -0.39 is 0 Å². The maximum Gasteiger partial charge on any atom is 0.0704 e. The van der Waals surface area contributed by atoms with Gasteiger partial charge in [-0.3, -0.25) is 0 Å². The van der Waals surface area contributed by atoms with Gasteiger partial charge in [0.15, 0.2) is 0 Å². The number of hydrogen-bond donors (Lipinski definition) is 1. The molecule has 1 saturated carbocycles. The Morgan fingerprint density at radius 1 is 1.07 bits per heavy atom. The number of hydrogen-bond acceptors (Lipinski definition) is 2. The normalized spacial score (nSPS) is 34.9. The molecule has 2 nitrogen and oxygen atoms in total. The van der Waals surface area contributed by atoms with Gasteiger partial charge in [0.25, 0.3) is 0 Å². The van der Waals surface area contributed by atoms with Gasteiger partial charge in [-0.15, -0.1) is 0 Å². The third kappa shape index (κ3) is 2.48. The summed E-state index contributed by atoms with van der Waals surface area (Å²) in [6.07, 6.45) is 10.8. The first-order valence-corrected chi connectivity index (χ1v) is 6.20. The highest BCUT2D eigenvalue weighted by molar-refractivity contribution is 4.82. The van der Waals surface area contributed by atoms with Crippen molar-refractivity contribution in [3.8, 4) is 0 Å². The van der Waals surface area contributed by atoms with E-state index in [9.17, 15) is 0 Å². The van der Waals surface area contributed by atoms with Crippen LogP contribution in [0, 0.1) is 5.92 Å². The minimum absolute atomic E-state index is 0.493. The molecule has 2 rings (SSSR count). The molecule has 82 valence electrons. The number of nitrogens with one attached hydrogen (secondary N) is 1. The molecule has 0 amide bonds. The summed E-state index contributed by atoms with van der Waals surface area (Å²) >= 11 is 0. The molecular weight excluding hydrogens is 174 g/mol. The summed E-state index contributed by atoms with van der Waals surface area (Å²) in [4.78, 5) is 0. The Hall–Kier alpha value is -0.0800. The molecule has 2 aliphatic rings. The van der Waals surface area contributed by atoms with E-state index in [1.807, 2.05) is 7.05 Å². The summed E-state index contributed by atoms with van der Waals surface area (Å²) < 4.78 is 6.08. The van der Waals surface area contributed by atoms with Crippen LogP contribution in [-0.2, 0) is 4.74 Å². The van der Waals surface area contributed by atoms with E-state index in [1.54, 1.807) is 0 Å². The van der Waals surface area contributed by atoms with Crippen molar-refractivity contribution in [3.63, 3.8) is 0 Å². The van der Waals surface area contributed by atoms with E-state index in [4.69, 9.17) is 4.74 Å². The van der Waals surface area contributed by atoms with Crippen LogP contribution >= 0.6 is 0 Å². The van der Waals surface area contributed by atoms with Gasteiger partial charge in [-0.1, -0.05) is 19.3 Å². The quantitative estimate of drug-likeness (QED) is 0.750. The predicted molar refractivity (Wildman–Crippen MR) is 58.4 cm³/mol. The lowest BCUT2D eigenvalue weighted by molar-refractivity contribution is 0.00191. The van der Waals surface area contributed by atoms with Crippen LogP contribution in [0.2, 0.25) is 0 Å². The van der Waals surface area contributed by atoms with Crippen LogP contribution in [-0.4, -0.2) is 25.8 Å². The second-order valence-electron chi connectivity index (χ2n) is 4.83. The molecule has 1 heterocycles. The van der Waals surface area contributed by atoms with Crippen LogP contribution in [0.25, 0.3) is 0 Å². The lowest BCUT2D eigenvalue weighted by Crippen LogP contribution is -2.27. The molecule has 14 heavy (non-hydrogen) atoms. The van der Waals surface area contributed by atoms with E-state index in [1.165, 1.54) is 44.9 Å². The van der Waals surface area contributed by atoms with E-state index >= 15 is 0 Å². The first-order valence-electron chi connectivity index (χ1n) is 6.20. The summed E-state index contributed by atoms with van der Waals surface area (Å²) in [6, 6.07) is 0. The smallest absolute Gasteiger partial charge is 0.0704 e. The Morgan fingerprint density at radius 2 is 1.86 bits per heavy atom. The Morgan fingerprint density at radius 3 is 2.57 bits per heavy atom. The zero-order valence-electron chi connectivity index (χ0n) is 9.30. The van der Waals surface area contributed by atoms with Gasteiger partial charge in [0.2, 0.25) is 0 Å². The molecule has 2 unspecified atom stereocenters. The Balaban J connectivity index is 1.76. The van der Waals surface area contributed by atoms with Gasteiger partial charge in [-0.2, -0.15) is 0 Å². The minimum Gasteiger partial charge on any atom is -0.373 e. The van der Waals surface area contributed by atoms with Crippen molar-refractivity contribution in [2.24, 2.45) is 5.92 Å². The van der Waals surface area contributed by atoms with Gasteiger partial charge in [0.1, 0.15) is 0 Å². The molecule has 1 saturated heterocycles. The molecule has 0 aromatic carbocycles. The van der Waals surface area contributed by atoms with Gasteiger partial charge in [-0.25, -0.2) is 0 Å². The van der Waals surface area contributed by atoms with Crippen LogP contribution in [0.15, 0.2) is 0 Å². The minimum atomic E-state index is 0.493. The average Bonchev–Trinajstić information content (AvgIpc) is 2.68. The Labute approximate surface area is 87.4 Å². The molecular formula is C12H23NO.